The first-order chi connectivity index (χ1) is 28.1. The average molecular weight is 964 g/mol. The Hall–Kier alpha value is -4.03. The summed E-state index contributed by atoms with van der Waals surface area (Å²) < 4.78 is 54.8. The molecule has 0 aliphatic heterocycles. The van der Waals surface area contributed by atoms with E-state index in [4.69, 9.17) is 0 Å². The van der Waals surface area contributed by atoms with E-state index >= 15 is 0 Å². The Morgan fingerprint density at radius 3 is 1.11 bits per heavy atom. The summed E-state index contributed by atoms with van der Waals surface area (Å²) >= 11 is 2.67. The molecule has 0 N–H and O–H groups in total. The van der Waals surface area contributed by atoms with Crippen molar-refractivity contribution in [1.29, 1.82) is 0 Å². The Morgan fingerprint density at radius 2 is 0.852 bits per heavy atom. The summed E-state index contributed by atoms with van der Waals surface area (Å²) in [4.78, 5) is 8.51. The molecular formula is C38H60CoN14O4S4. The van der Waals surface area contributed by atoms with Crippen LogP contribution in [0.5, 0.6) is 0 Å². The van der Waals surface area contributed by atoms with Crippen LogP contribution in [-0.4, -0.2) is 100 Å². The number of anilines is 4. The van der Waals surface area contributed by atoms with Gasteiger partial charge in [-0.15, -0.1) is 40.9 Å². The zero-order valence-corrected chi connectivity index (χ0v) is 41.8. The Morgan fingerprint density at radius 1 is 0.541 bits per heavy atom. The number of rotatable bonds is 20. The Kier molecular flexibility index (Phi) is 20.9. The maximum Gasteiger partial charge on any atom is 2.00 e. The molecule has 339 valence electrons. The quantitative estimate of drug-likeness (QED) is 0.0757. The molecule has 18 nitrogen and oxygen atoms in total. The molecule has 2 aromatic heterocycles. The topological polar surface area (TPSA) is 210 Å². The molecule has 4 aromatic rings. The minimum absolute atomic E-state index is 0. The molecule has 0 unspecified atom stereocenters. The fourth-order valence-corrected chi connectivity index (χ4v) is 9.12. The molecule has 1 radical (unpaired) electrons. The van der Waals surface area contributed by atoms with Crippen molar-refractivity contribution < 1.29 is 33.6 Å². The second-order valence-electron chi connectivity index (χ2n) is 14.7. The first-order valence-corrected chi connectivity index (χ1v) is 25.1. The van der Waals surface area contributed by atoms with Crippen LogP contribution in [0.4, 0.5) is 54.7 Å². The van der Waals surface area contributed by atoms with Crippen molar-refractivity contribution in [3.8, 4) is 0 Å². The summed E-state index contributed by atoms with van der Waals surface area (Å²) in [5.41, 5.74) is 2.98. The van der Waals surface area contributed by atoms with E-state index in [1.807, 2.05) is 39.8 Å². The van der Waals surface area contributed by atoms with E-state index in [9.17, 15) is 16.8 Å². The van der Waals surface area contributed by atoms with Gasteiger partial charge in [0, 0.05) is 74.2 Å². The first-order valence-electron chi connectivity index (χ1n) is 19.8. The largest absolute Gasteiger partial charge is 2.00 e. The molecule has 0 saturated heterocycles. The van der Waals surface area contributed by atoms with Crippen molar-refractivity contribution in [1.82, 2.24) is 20.4 Å². The predicted octanol–water partition coefficient (Wildman–Crippen LogP) is 10.8. The van der Waals surface area contributed by atoms with Crippen LogP contribution in [0.1, 0.15) is 83.1 Å². The molecule has 0 amide bonds. The number of hydrogen-bond donors (Lipinski definition) is 0. The Bertz CT molecular complexity index is 2080. The summed E-state index contributed by atoms with van der Waals surface area (Å²) in [5.74, 6) is 0. The van der Waals surface area contributed by atoms with Crippen molar-refractivity contribution in [3.63, 3.8) is 0 Å². The summed E-state index contributed by atoms with van der Waals surface area (Å²) in [7, 11) is -7.18. The summed E-state index contributed by atoms with van der Waals surface area (Å²) in [6.07, 6.45) is 2.11. The predicted molar refractivity (Wildman–Crippen MR) is 249 cm³/mol. The van der Waals surface area contributed by atoms with Gasteiger partial charge >= 0.3 is 16.8 Å². The number of nitrogens with zero attached hydrogens (tertiary/aromatic N) is 14. The fourth-order valence-electron chi connectivity index (χ4n) is 6.24. The molecular weight excluding hydrogens is 904 g/mol. The van der Waals surface area contributed by atoms with Crippen LogP contribution in [0.3, 0.4) is 0 Å². The van der Waals surface area contributed by atoms with E-state index in [2.05, 4.69) is 125 Å². The van der Waals surface area contributed by atoms with Gasteiger partial charge < -0.3 is 29.0 Å². The van der Waals surface area contributed by atoms with E-state index in [1.165, 1.54) is 22.7 Å². The van der Waals surface area contributed by atoms with Crippen LogP contribution in [0.2, 0.25) is 0 Å². The first kappa shape index (κ1) is 53.1. The maximum absolute atomic E-state index is 11.8. The van der Waals surface area contributed by atoms with Gasteiger partial charge in [-0.1, -0.05) is 46.2 Å². The molecule has 0 saturated carbocycles. The third-order valence-electron chi connectivity index (χ3n) is 8.66. The average Bonchev–Trinajstić information content (AvgIpc) is 3.80. The van der Waals surface area contributed by atoms with Crippen LogP contribution in [0.15, 0.2) is 56.9 Å². The summed E-state index contributed by atoms with van der Waals surface area (Å²) in [5, 5.41) is 35.8. The molecule has 2 heterocycles. The van der Waals surface area contributed by atoms with Gasteiger partial charge in [-0.2, -0.15) is 0 Å². The number of azo groups is 2. The minimum atomic E-state index is -3.59. The zero-order valence-electron chi connectivity index (χ0n) is 37.5. The van der Waals surface area contributed by atoms with Gasteiger partial charge in [-0.25, -0.2) is 16.8 Å². The van der Waals surface area contributed by atoms with Gasteiger partial charge in [0.25, 0.3) is 10.3 Å². The van der Waals surface area contributed by atoms with E-state index < -0.39 is 20.0 Å². The van der Waals surface area contributed by atoms with E-state index in [-0.39, 0.29) is 52.3 Å². The van der Waals surface area contributed by atoms with Gasteiger partial charge in [0.15, 0.2) is 0 Å². The molecule has 23 heteroatoms. The number of benzene rings is 2. The number of sulfonamides is 2. The molecule has 61 heavy (non-hydrogen) atoms. The third-order valence-corrected chi connectivity index (χ3v) is 11.4. The second kappa shape index (κ2) is 24.0. The third kappa shape index (κ3) is 16.3. The molecule has 0 atom stereocenters. The van der Waals surface area contributed by atoms with E-state index in [0.29, 0.717) is 21.6 Å². The second-order valence-corrected chi connectivity index (χ2v) is 19.8. The minimum Gasteiger partial charge on any atom is -0.575 e. The molecule has 0 bridgehead atoms. The zero-order chi connectivity index (χ0) is 44.9. The van der Waals surface area contributed by atoms with Gasteiger partial charge in [0.2, 0.25) is 10.3 Å². The monoisotopic (exact) mass is 963 g/mol. The van der Waals surface area contributed by atoms with Crippen molar-refractivity contribution in [2.45, 2.75) is 107 Å². The van der Waals surface area contributed by atoms with Crippen LogP contribution in [0.25, 0.3) is 9.44 Å². The van der Waals surface area contributed by atoms with Gasteiger partial charge in [-0.05, 0) is 107 Å². The fraction of sp³-hybridized carbons (Fsp3) is 0.579. The Balaban J connectivity index is 0.000000413. The molecule has 2 aromatic carbocycles. The summed E-state index contributed by atoms with van der Waals surface area (Å²) in [6.45, 7) is 28.1. The van der Waals surface area contributed by atoms with Gasteiger partial charge in [0.1, 0.15) is 0 Å². The van der Waals surface area contributed by atoms with Crippen molar-refractivity contribution in [2.24, 2.45) is 20.5 Å². The van der Waals surface area contributed by atoms with Gasteiger partial charge in [0.05, 0.1) is 31.4 Å². The van der Waals surface area contributed by atoms with Crippen LogP contribution in [-0.2, 0) is 36.8 Å². The molecule has 4 rings (SSSR count). The normalized spacial score (nSPS) is 12.0. The SMILES string of the molecule is CCN(CC)c1ccc(N=Nc2nnc(N(C(C)C)C(C)C)s2)c([N-]S(C)(=O)=O)c1.CCN(CC)c1ccc(N=Nc2nnc(N(C(C)C)C(C)C)s2)c([N-]S(C)(=O)=O)c1.[Co+2]. The van der Waals surface area contributed by atoms with E-state index in [1.54, 1.807) is 24.3 Å². The van der Waals surface area contributed by atoms with Crippen LogP contribution in [0, 0.1) is 0 Å². The van der Waals surface area contributed by atoms with Crippen LogP contribution >= 0.6 is 22.7 Å². The molecule has 0 aliphatic carbocycles. The van der Waals surface area contributed by atoms with Crippen LogP contribution < -0.4 is 19.6 Å². The number of aromatic nitrogens is 4. The smallest absolute Gasteiger partial charge is 0.575 e. The standard InChI is InChI=1S/2C19H30N7O2S2.Co/c2*1-8-25(9-2)15-10-11-16(17(12-15)24-30(7,27)28)20-21-18-22-23-19(29-18)26(13(3)4)14(5)6;/h2*10-14H,8-9H2,1-7H3;/q2*-1;+2. The van der Waals surface area contributed by atoms with Crippen molar-refractivity contribution >= 4 is 97.4 Å². The van der Waals surface area contributed by atoms with Crippen molar-refractivity contribution in [2.75, 3.05) is 58.3 Å². The molecule has 0 spiro atoms. The van der Waals surface area contributed by atoms with E-state index in [0.717, 1.165) is 60.3 Å². The van der Waals surface area contributed by atoms with Crippen molar-refractivity contribution in [3.05, 3.63) is 45.8 Å². The number of hydrogen-bond acceptors (Lipinski definition) is 18. The summed E-state index contributed by atoms with van der Waals surface area (Å²) in [6, 6.07) is 11.7. The molecule has 0 aliphatic rings. The molecule has 0 fully saturated rings. The van der Waals surface area contributed by atoms with Gasteiger partial charge in [-0.3, -0.25) is 0 Å². The maximum atomic E-state index is 11.8. The Labute approximate surface area is 381 Å².